The Bertz CT molecular complexity index is 2790. The highest BCUT2D eigenvalue weighted by atomic mass is 16.3. The van der Waals surface area contributed by atoms with E-state index < -0.39 is 0 Å². The Kier molecular flexibility index (Phi) is 6.15. The molecule has 0 saturated heterocycles. The molecule has 0 radical (unpaired) electrons. The van der Waals surface area contributed by atoms with Crippen LogP contribution in [0.2, 0.25) is 0 Å². The summed E-state index contributed by atoms with van der Waals surface area (Å²) in [7, 11) is 0. The molecule has 0 spiro atoms. The number of fused-ring (bicyclic) bond motifs is 6. The van der Waals surface area contributed by atoms with E-state index in [1.54, 1.807) is 0 Å². The van der Waals surface area contributed by atoms with E-state index in [1.807, 2.05) is 24.3 Å². The van der Waals surface area contributed by atoms with Gasteiger partial charge in [0, 0.05) is 16.6 Å². The number of hydrogen-bond acceptors (Lipinski definition) is 2. The van der Waals surface area contributed by atoms with E-state index in [-0.39, 0.29) is 0 Å². The zero-order valence-electron chi connectivity index (χ0n) is 26.5. The molecular weight excluding hydrogens is 599 g/mol. The van der Waals surface area contributed by atoms with Gasteiger partial charge in [0.2, 0.25) is 5.71 Å². The molecule has 7 aromatic carbocycles. The number of rotatable bonds is 5. The van der Waals surface area contributed by atoms with Crippen LogP contribution < -0.4 is 0 Å². The van der Waals surface area contributed by atoms with Gasteiger partial charge in [0.1, 0.15) is 5.82 Å². The van der Waals surface area contributed by atoms with E-state index in [0.717, 1.165) is 67.0 Å². The molecule has 230 valence electrons. The molecule has 0 saturated carbocycles. The lowest BCUT2D eigenvalue weighted by molar-refractivity contribution is 0.658. The van der Waals surface area contributed by atoms with Gasteiger partial charge in [-0.3, -0.25) is 8.97 Å². The molecule has 0 amide bonds. The fourth-order valence-corrected chi connectivity index (χ4v) is 7.23. The van der Waals surface area contributed by atoms with Gasteiger partial charge in [0.15, 0.2) is 5.58 Å². The van der Waals surface area contributed by atoms with Gasteiger partial charge >= 0.3 is 0 Å². The maximum Gasteiger partial charge on any atom is 0.213 e. The number of para-hydroxylation sites is 4. The van der Waals surface area contributed by atoms with Crippen LogP contribution in [0.5, 0.6) is 0 Å². The molecule has 4 heteroatoms. The third-order valence-electron chi connectivity index (χ3n) is 9.57. The quantitative estimate of drug-likeness (QED) is 0.190. The first-order chi connectivity index (χ1) is 24.3. The van der Waals surface area contributed by atoms with Crippen molar-refractivity contribution in [1.82, 2.24) is 14.0 Å². The Labute approximate surface area is 282 Å². The van der Waals surface area contributed by atoms with Gasteiger partial charge < -0.3 is 4.42 Å². The predicted molar refractivity (Wildman–Crippen MR) is 201 cm³/mol. The summed E-state index contributed by atoms with van der Waals surface area (Å²) >= 11 is 0. The molecule has 49 heavy (non-hydrogen) atoms. The van der Waals surface area contributed by atoms with Crippen molar-refractivity contribution >= 4 is 38.7 Å². The van der Waals surface area contributed by atoms with E-state index in [4.69, 9.17) is 9.40 Å². The predicted octanol–water partition coefficient (Wildman–Crippen LogP) is 11.8. The third kappa shape index (κ3) is 4.42. The molecule has 4 nitrogen and oxygen atoms in total. The van der Waals surface area contributed by atoms with Crippen molar-refractivity contribution in [3.63, 3.8) is 0 Å². The summed E-state index contributed by atoms with van der Waals surface area (Å²) in [5.74, 6) is 0.923. The second kappa shape index (κ2) is 11.0. The molecule has 10 aromatic rings. The summed E-state index contributed by atoms with van der Waals surface area (Å²) in [6, 6.07) is 61.9. The standard InChI is InChI=1S/C45H29N3O/c1-3-11-30(12-4-1)31-19-21-32(22-20-31)35-25-28-39-37(29-35)43(45-48(39)41-17-9-10-18-42(41)49-45)33-23-26-36(27-24-33)47-40-16-8-7-15-38(40)46-44(47)34-13-5-2-6-14-34/h1-29H. The van der Waals surface area contributed by atoms with E-state index >= 15 is 0 Å². The SMILES string of the molecule is c1ccc(-c2ccc(-c3ccc4c(c3)c(-c3ccc(-n5c(-c6ccccc6)nc6ccccc65)cc3)c3oc5ccccc5n34)cc2)cc1. The van der Waals surface area contributed by atoms with Crippen LogP contribution in [0.4, 0.5) is 0 Å². The number of imidazole rings is 1. The van der Waals surface area contributed by atoms with Crippen molar-refractivity contribution in [3.8, 4) is 50.5 Å². The van der Waals surface area contributed by atoms with Gasteiger partial charge in [0.25, 0.3) is 0 Å². The molecule has 0 unspecified atom stereocenters. The maximum absolute atomic E-state index is 6.62. The highest BCUT2D eigenvalue weighted by molar-refractivity contribution is 6.08. The topological polar surface area (TPSA) is 35.4 Å². The monoisotopic (exact) mass is 627 g/mol. The number of nitrogens with zero attached hydrogens (tertiary/aromatic N) is 3. The van der Waals surface area contributed by atoms with E-state index in [0.29, 0.717) is 0 Å². The molecule has 0 atom stereocenters. The fraction of sp³-hybridized carbons (Fsp3) is 0. The van der Waals surface area contributed by atoms with Crippen LogP contribution in [0.1, 0.15) is 0 Å². The van der Waals surface area contributed by atoms with Gasteiger partial charge in [-0.15, -0.1) is 0 Å². The number of benzene rings is 7. The third-order valence-corrected chi connectivity index (χ3v) is 9.57. The second-order valence-corrected chi connectivity index (χ2v) is 12.4. The first-order valence-corrected chi connectivity index (χ1v) is 16.6. The molecule has 3 heterocycles. The van der Waals surface area contributed by atoms with E-state index in [9.17, 15) is 0 Å². The maximum atomic E-state index is 6.62. The van der Waals surface area contributed by atoms with Crippen molar-refractivity contribution < 1.29 is 4.42 Å². The highest BCUT2D eigenvalue weighted by Gasteiger charge is 2.21. The van der Waals surface area contributed by atoms with Crippen molar-refractivity contribution in [2.75, 3.05) is 0 Å². The minimum atomic E-state index is 0.846. The number of hydrogen-bond donors (Lipinski definition) is 0. The van der Waals surface area contributed by atoms with Crippen molar-refractivity contribution in [2.45, 2.75) is 0 Å². The number of aromatic nitrogens is 3. The Hall–Kier alpha value is -6.65. The first kappa shape index (κ1) is 27.5. The molecule has 0 aliphatic carbocycles. The summed E-state index contributed by atoms with van der Waals surface area (Å²) in [5, 5.41) is 1.15. The Morgan fingerprint density at radius 1 is 0.429 bits per heavy atom. The average molecular weight is 628 g/mol. The van der Waals surface area contributed by atoms with Crippen molar-refractivity contribution in [3.05, 3.63) is 176 Å². The minimum Gasteiger partial charge on any atom is -0.438 e. The summed E-state index contributed by atoms with van der Waals surface area (Å²) in [4.78, 5) is 5.04. The first-order valence-electron chi connectivity index (χ1n) is 16.6. The highest BCUT2D eigenvalue weighted by Crippen LogP contribution is 2.41. The van der Waals surface area contributed by atoms with Gasteiger partial charge in [0.05, 0.1) is 27.6 Å². The van der Waals surface area contributed by atoms with E-state index in [1.165, 1.54) is 22.3 Å². The van der Waals surface area contributed by atoms with Crippen LogP contribution in [0.15, 0.2) is 180 Å². The van der Waals surface area contributed by atoms with Gasteiger partial charge in [-0.1, -0.05) is 127 Å². The molecule has 0 aliphatic rings. The molecule has 0 N–H and O–H groups in total. The van der Waals surface area contributed by atoms with Gasteiger partial charge in [-0.2, -0.15) is 0 Å². The van der Waals surface area contributed by atoms with Crippen LogP contribution in [-0.4, -0.2) is 14.0 Å². The zero-order valence-corrected chi connectivity index (χ0v) is 26.5. The molecular formula is C45H29N3O. The second-order valence-electron chi connectivity index (χ2n) is 12.4. The van der Waals surface area contributed by atoms with Crippen molar-refractivity contribution in [1.29, 1.82) is 0 Å². The lowest BCUT2D eigenvalue weighted by atomic mass is 9.97. The fourth-order valence-electron chi connectivity index (χ4n) is 7.23. The van der Waals surface area contributed by atoms with Crippen LogP contribution in [-0.2, 0) is 0 Å². The normalized spacial score (nSPS) is 11.7. The lowest BCUT2D eigenvalue weighted by Gasteiger charge is -2.11. The molecule has 0 fully saturated rings. The summed E-state index contributed by atoms with van der Waals surface area (Å²) in [6.45, 7) is 0. The van der Waals surface area contributed by atoms with Crippen molar-refractivity contribution in [2.24, 2.45) is 0 Å². The molecule has 10 rings (SSSR count). The Morgan fingerprint density at radius 3 is 1.76 bits per heavy atom. The summed E-state index contributed by atoms with van der Waals surface area (Å²) in [6.07, 6.45) is 0. The van der Waals surface area contributed by atoms with Crippen LogP contribution in [0.3, 0.4) is 0 Å². The lowest BCUT2D eigenvalue weighted by Crippen LogP contribution is -1.97. The van der Waals surface area contributed by atoms with Crippen LogP contribution in [0, 0.1) is 0 Å². The largest absolute Gasteiger partial charge is 0.438 e. The van der Waals surface area contributed by atoms with Crippen LogP contribution >= 0.6 is 0 Å². The minimum absolute atomic E-state index is 0.846. The van der Waals surface area contributed by atoms with E-state index in [2.05, 4.69) is 161 Å². The van der Waals surface area contributed by atoms with Gasteiger partial charge in [-0.25, -0.2) is 4.98 Å². The molecule has 3 aromatic heterocycles. The Balaban J connectivity index is 1.14. The smallest absolute Gasteiger partial charge is 0.213 e. The molecule has 0 aliphatic heterocycles. The number of oxazole rings is 1. The summed E-state index contributed by atoms with van der Waals surface area (Å²) < 4.78 is 11.1. The molecule has 0 bridgehead atoms. The summed E-state index contributed by atoms with van der Waals surface area (Å²) in [5.41, 5.74) is 15.0. The zero-order chi connectivity index (χ0) is 32.3. The van der Waals surface area contributed by atoms with Crippen LogP contribution in [0.25, 0.3) is 89.2 Å². The van der Waals surface area contributed by atoms with Gasteiger partial charge in [-0.05, 0) is 76.3 Å². The Morgan fingerprint density at radius 2 is 1.00 bits per heavy atom. The average Bonchev–Trinajstić information content (AvgIpc) is 3.84.